The van der Waals surface area contributed by atoms with Gasteiger partial charge >= 0.3 is 5.97 Å². The highest BCUT2D eigenvalue weighted by Gasteiger charge is 2.12. The van der Waals surface area contributed by atoms with Crippen molar-refractivity contribution in [3.05, 3.63) is 40.2 Å². The largest absolute Gasteiger partial charge is 0.478 e. The molecule has 0 atom stereocenters. The SMILES string of the molecule is CC(=O)SCCC=Cc1cc(Cl)c(C(=O)O)cc1F. The average Bonchev–Trinajstić information content (AvgIpc) is 2.31. The number of hydrogen-bond acceptors (Lipinski definition) is 3. The highest BCUT2D eigenvalue weighted by atomic mass is 35.5. The number of benzene rings is 1. The maximum Gasteiger partial charge on any atom is 0.337 e. The molecule has 0 fully saturated rings. The second kappa shape index (κ2) is 7.31. The van der Waals surface area contributed by atoms with Gasteiger partial charge < -0.3 is 5.11 Å². The van der Waals surface area contributed by atoms with E-state index in [1.807, 2.05) is 0 Å². The summed E-state index contributed by atoms with van der Waals surface area (Å²) in [5.74, 6) is -1.29. The van der Waals surface area contributed by atoms with E-state index < -0.39 is 11.8 Å². The molecule has 19 heavy (non-hydrogen) atoms. The van der Waals surface area contributed by atoms with Gasteiger partial charge in [-0.05, 0) is 18.6 Å². The van der Waals surface area contributed by atoms with Crippen LogP contribution in [0.5, 0.6) is 0 Å². The van der Waals surface area contributed by atoms with Gasteiger partial charge in [0.2, 0.25) is 0 Å². The Kier molecular flexibility index (Phi) is 6.05. The maximum absolute atomic E-state index is 13.6. The minimum absolute atomic E-state index is 0.00772. The summed E-state index contributed by atoms with van der Waals surface area (Å²) in [4.78, 5) is 21.4. The Hall–Kier alpha value is -1.33. The number of aromatic carboxylic acids is 1. The molecular weight excluding hydrogens is 291 g/mol. The summed E-state index contributed by atoms with van der Waals surface area (Å²) in [6.07, 6.45) is 3.85. The van der Waals surface area contributed by atoms with Crippen LogP contribution in [0.25, 0.3) is 6.08 Å². The van der Waals surface area contributed by atoms with Crippen molar-refractivity contribution in [1.82, 2.24) is 0 Å². The zero-order valence-corrected chi connectivity index (χ0v) is 11.7. The van der Waals surface area contributed by atoms with Crippen LogP contribution in [-0.4, -0.2) is 21.9 Å². The fraction of sp³-hybridized carbons (Fsp3) is 0.231. The third-order valence-electron chi connectivity index (χ3n) is 2.20. The molecule has 1 aromatic carbocycles. The normalized spacial score (nSPS) is 10.9. The predicted octanol–water partition coefficient (Wildman–Crippen LogP) is 3.86. The van der Waals surface area contributed by atoms with Crippen molar-refractivity contribution in [2.45, 2.75) is 13.3 Å². The molecule has 0 spiro atoms. The van der Waals surface area contributed by atoms with E-state index in [1.54, 1.807) is 6.08 Å². The van der Waals surface area contributed by atoms with E-state index in [-0.39, 0.29) is 21.3 Å². The fourth-order valence-corrected chi connectivity index (χ4v) is 2.13. The molecule has 0 aliphatic carbocycles. The van der Waals surface area contributed by atoms with Gasteiger partial charge in [0.05, 0.1) is 10.6 Å². The predicted molar refractivity (Wildman–Crippen MR) is 75.2 cm³/mol. The number of thioether (sulfide) groups is 1. The zero-order valence-electron chi connectivity index (χ0n) is 10.2. The lowest BCUT2D eigenvalue weighted by atomic mass is 10.1. The molecule has 1 N–H and O–H groups in total. The monoisotopic (exact) mass is 302 g/mol. The summed E-state index contributed by atoms with van der Waals surface area (Å²) in [6.45, 7) is 1.48. The van der Waals surface area contributed by atoms with Gasteiger partial charge in [0.1, 0.15) is 5.82 Å². The fourth-order valence-electron chi connectivity index (χ4n) is 1.33. The summed E-state index contributed by atoms with van der Waals surface area (Å²) in [6, 6.07) is 2.17. The molecule has 1 rings (SSSR count). The number of hydrogen-bond donors (Lipinski definition) is 1. The molecule has 102 valence electrons. The average molecular weight is 303 g/mol. The number of carboxylic acid groups (broad SMARTS) is 1. The molecular formula is C13H12ClFO3S. The number of halogens is 2. The van der Waals surface area contributed by atoms with Gasteiger partial charge in [0.15, 0.2) is 5.12 Å². The van der Waals surface area contributed by atoms with Gasteiger partial charge in [-0.2, -0.15) is 0 Å². The molecule has 1 aromatic rings. The number of allylic oxidation sites excluding steroid dienone is 1. The number of carbonyl (C=O) groups excluding carboxylic acids is 1. The molecule has 0 saturated heterocycles. The number of rotatable bonds is 5. The first kappa shape index (κ1) is 15.7. The van der Waals surface area contributed by atoms with Gasteiger partial charge in [0, 0.05) is 18.2 Å². The molecule has 0 aliphatic rings. The molecule has 0 saturated carbocycles. The lowest BCUT2D eigenvalue weighted by molar-refractivity contribution is -0.109. The van der Waals surface area contributed by atoms with E-state index in [0.29, 0.717) is 12.2 Å². The maximum atomic E-state index is 13.6. The Labute approximate surface area is 119 Å². The Bertz CT molecular complexity index is 529. The van der Waals surface area contributed by atoms with Crippen molar-refractivity contribution in [1.29, 1.82) is 0 Å². The van der Waals surface area contributed by atoms with Crippen molar-refractivity contribution in [2.24, 2.45) is 0 Å². The van der Waals surface area contributed by atoms with Crippen LogP contribution in [0.1, 0.15) is 29.3 Å². The minimum atomic E-state index is -1.27. The van der Waals surface area contributed by atoms with Crippen molar-refractivity contribution < 1.29 is 19.1 Å². The van der Waals surface area contributed by atoms with E-state index in [9.17, 15) is 14.0 Å². The molecule has 0 aromatic heterocycles. The Morgan fingerprint density at radius 2 is 2.16 bits per heavy atom. The van der Waals surface area contributed by atoms with Crippen LogP contribution in [0.4, 0.5) is 4.39 Å². The van der Waals surface area contributed by atoms with E-state index in [1.165, 1.54) is 30.8 Å². The second-order valence-electron chi connectivity index (χ2n) is 3.69. The summed E-state index contributed by atoms with van der Waals surface area (Å²) in [5.41, 5.74) is -0.0359. The Morgan fingerprint density at radius 3 is 2.74 bits per heavy atom. The molecule has 6 heteroatoms. The first-order valence-electron chi connectivity index (χ1n) is 5.44. The third kappa shape index (κ3) is 5.04. The van der Waals surface area contributed by atoms with E-state index >= 15 is 0 Å². The Morgan fingerprint density at radius 1 is 1.47 bits per heavy atom. The summed E-state index contributed by atoms with van der Waals surface area (Å²) in [7, 11) is 0. The molecule has 0 bridgehead atoms. The van der Waals surface area contributed by atoms with Crippen molar-refractivity contribution in [3.63, 3.8) is 0 Å². The van der Waals surface area contributed by atoms with E-state index in [2.05, 4.69) is 0 Å². The van der Waals surface area contributed by atoms with Gasteiger partial charge in [0.25, 0.3) is 0 Å². The van der Waals surface area contributed by atoms with Gasteiger partial charge in [-0.25, -0.2) is 9.18 Å². The van der Waals surface area contributed by atoms with Gasteiger partial charge in [-0.15, -0.1) is 0 Å². The Balaban J connectivity index is 2.74. The highest BCUT2D eigenvalue weighted by molar-refractivity contribution is 8.13. The van der Waals surface area contributed by atoms with Crippen molar-refractivity contribution >= 4 is 40.5 Å². The van der Waals surface area contributed by atoms with Crippen LogP contribution >= 0.6 is 23.4 Å². The lowest BCUT2D eigenvalue weighted by Crippen LogP contribution is -1.99. The summed E-state index contributed by atoms with van der Waals surface area (Å²) < 4.78 is 13.6. The smallest absolute Gasteiger partial charge is 0.337 e. The molecule has 0 heterocycles. The van der Waals surface area contributed by atoms with Crippen molar-refractivity contribution in [2.75, 3.05) is 5.75 Å². The standard InChI is InChI=1S/C13H12ClFO3S/c1-8(16)19-5-3-2-4-9-6-11(14)10(13(17)18)7-12(9)15/h2,4,6-7H,3,5H2,1H3,(H,17,18). The molecule has 0 amide bonds. The number of carbonyl (C=O) groups is 2. The van der Waals surface area contributed by atoms with Gasteiger partial charge in [-0.3, -0.25) is 4.79 Å². The van der Waals surface area contributed by atoms with Crippen LogP contribution in [0.3, 0.4) is 0 Å². The number of carboxylic acids is 1. The molecule has 0 radical (unpaired) electrons. The first-order valence-corrected chi connectivity index (χ1v) is 6.80. The van der Waals surface area contributed by atoms with Crippen LogP contribution in [0.2, 0.25) is 5.02 Å². The first-order chi connectivity index (χ1) is 8.91. The van der Waals surface area contributed by atoms with E-state index in [0.717, 1.165) is 6.07 Å². The van der Waals surface area contributed by atoms with Crippen LogP contribution in [0.15, 0.2) is 18.2 Å². The molecule has 0 aliphatic heterocycles. The molecule has 3 nitrogen and oxygen atoms in total. The zero-order chi connectivity index (χ0) is 14.4. The second-order valence-corrected chi connectivity index (χ2v) is 5.37. The van der Waals surface area contributed by atoms with Crippen LogP contribution in [0, 0.1) is 5.82 Å². The lowest BCUT2D eigenvalue weighted by Gasteiger charge is -2.02. The minimum Gasteiger partial charge on any atom is -0.478 e. The third-order valence-corrected chi connectivity index (χ3v) is 3.36. The summed E-state index contributed by atoms with van der Waals surface area (Å²) >= 11 is 6.94. The van der Waals surface area contributed by atoms with Gasteiger partial charge in [-0.1, -0.05) is 35.5 Å². The van der Waals surface area contributed by atoms with Crippen LogP contribution < -0.4 is 0 Å². The van der Waals surface area contributed by atoms with E-state index in [4.69, 9.17) is 16.7 Å². The summed E-state index contributed by atoms with van der Waals surface area (Å²) in [5, 5.41) is 8.80. The van der Waals surface area contributed by atoms with Crippen LogP contribution in [-0.2, 0) is 4.79 Å². The van der Waals surface area contributed by atoms with Crippen molar-refractivity contribution in [3.8, 4) is 0 Å². The molecule has 0 unspecified atom stereocenters. The quantitative estimate of drug-likeness (QED) is 0.839. The highest BCUT2D eigenvalue weighted by Crippen LogP contribution is 2.22. The topological polar surface area (TPSA) is 54.4 Å².